The van der Waals surface area contributed by atoms with Gasteiger partial charge in [-0.05, 0) is 12.1 Å². The lowest BCUT2D eigenvalue weighted by Crippen LogP contribution is -2.17. The predicted octanol–water partition coefficient (Wildman–Crippen LogP) is 3.53. The van der Waals surface area contributed by atoms with Gasteiger partial charge < -0.3 is 10.1 Å². The van der Waals surface area contributed by atoms with Crippen molar-refractivity contribution in [3.05, 3.63) is 57.6 Å². The maximum atomic E-state index is 12.7. The van der Waals surface area contributed by atoms with Gasteiger partial charge in [0.05, 0.1) is 23.3 Å². The summed E-state index contributed by atoms with van der Waals surface area (Å²) >= 11 is 1.45. The molecular formula is C17H14N2O5S. The number of anilines is 1. The number of hydrogen-bond donors (Lipinski definition) is 1. The summed E-state index contributed by atoms with van der Waals surface area (Å²) in [6, 6.07) is 8.95. The van der Waals surface area contributed by atoms with Gasteiger partial charge in [0, 0.05) is 34.8 Å². The quantitative estimate of drug-likeness (QED) is 0.663. The number of amides is 1. The van der Waals surface area contributed by atoms with Gasteiger partial charge in [0.1, 0.15) is 5.75 Å². The number of methoxy groups -OCH3 is 1. The van der Waals surface area contributed by atoms with Gasteiger partial charge in [-0.15, -0.1) is 11.8 Å². The van der Waals surface area contributed by atoms with Crippen LogP contribution in [-0.4, -0.2) is 29.5 Å². The summed E-state index contributed by atoms with van der Waals surface area (Å²) < 4.78 is 5.15. The molecule has 0 unspecified atom stereocenters. The number of nitro groups is 1. The van der Waals surface area contributed by atoms with E-state index in [4.69, 9.17) is 4.74 Å². The molecule has 1 N–H and O–H groups in total. The van der Waals surface area contributed by atoms with Crippen LogP contribution in [0.15, 0.2) is 41.3 Å². The average molecular weight is 358 g/mol. The first-order valence-electron chi connectivity index (χ1n) is 7.44. The number of nitrogens with one attached hydrogen (secondary N) is 1. The number of nitrogens with zero attached hydrogens (tertiary/aromatic N) is 1. The van der Waals surface area contributed by atoms with Gasteiger partial charge in [-0.3, -0.25) is 19.7 Å². The molecule has 0 atom stereocenters. The van der Waals surface area contributed by atoms with Crippen molar-refractivity contribution in [2.24, 2.45) is 0 Å². The minimum atomic E-state index is -0.548. The van der Waals surface area contributed by atoms with Gasteiger partial charge in [-0.2, -0.15) is 0 Å². The molecule has 7 nitrogen and oxygen atoms in total. The van der Waals surface area contributed by atoms with E-state index in [9.17, 15) is 19.7 Å². The minimum Gasteiger partial charge on any atom is -0.495 e. The zero-order valence-electron chi connectivity index (χ0n) is 13.3. The van der Waals surface area contributed by atoms with E-state index in [0.717, 1.165) is 0 Å². The molecule has 0 radical (unpaired) electrons. The van der Waals surface area contributed by atoms with Crippen molar-refractivity contribution in [2.45, 2.75) is 11.3 Å². The molecule has 1 aliphatic heterocycles. The smallest absolute Gasteiger partial charge is 0.271 e. The van der Waals surface area contributed by atoms with E-state index in [1.54, 1.807) is 18.2 Å². The molecule has 1 heterocycles. The fourth-order valence-electron chi connectivity index (χ4n) is 2.57. The lowest BCUT2D eigenvalue weighted by atomic mass is 10.0. The maximum absolute atomic E-state index is 12.7. The summed E-state index contributed by atoms with van der Waals surface area (Å²) in [7, 11) is 1.41. The number of carbonyl (C=O) groups excluding carboxylic acids is 2. The first-order valence-corrected chi connectivity index (χ1v) is 8.42. The molecule has 25 heavy (non-hydrogen) atoms. The Morgan fingerprint density at radius 1 is 1.32 bits per heavy atom. The SMILES string of the molecule is COc1ccc([N+](=O)[O-])cc1NC(=O)c1cccc2c1SCCC2=O. The highest BCUT2D eigenvalue weighted by molar-refractivity contribution is 7.99. The van der Waals surface area contributed by atoms with E-state index in [1.807, 2.05) is 0 Å². The second-order valence-corrected chi connectivity index (χ2v) is 6.40. The number of Topliss-reactive ketones (excluding diaryl/α,β-unsaturated/α-hetero) is 1. The van der Waals surface area contributed by atoms with Crippen molar-refractivity contribution in [2.75, 3.05) is 18.2 Å². The van der Waals surface area contributed by atoms with Crippen LogP contribution in [0.4, 0.5) is 11.4 Å². The average Bonchev–Trinajstić information content (AvgIpc) is 2.61. The number of hydrogen-bond acceptors (Lipinski definition) is 6. The van der Waals surface area contributed by atoms with Crippen LogP contribution in [-0.2, 0) is 0 Å². The van der Waals surface area contributed by atoms with Crippen molar-refractivity contribution in [1.29, 1.82) is 0 Å². The molecule has 0 fully saturated rings. The van der Waals surface area contributed by atoms with Crippen LogP contribution >= 0.6 is 11.8 Å². The van der Waals surface area contributed by atoms with Gasteiger partial charge in [0.25, 0.3) is 11.6 Å². The molecule has 1 amide bonds. The van der Waals surface area contributed by atoms with Crippen molar-refractivity contribution in [3.63, 3.8) is 0 Å². The molecule has 3 rings (SSSR count). The maximum Gasteiger partial charge on any atom is 0.271 e. The Morgan fingerprint density at radius 2 is 2.12 bits per heavy atom. The highest BCUT2D eigenvalue weighted by atomic mass is 32.2. The third-order valence-electron chi connectivity index (χ3n) is 3.78. The Balaban J connectivity index is 1.96. The summed E-state index contributed by atoms with van der Waals surface area (Å²) in [4.78, 5) is 35.7. The molecule has 0 bridgehead atoms. The van der Waals surface area contributed by atoms with Crippen LogP contribution in [0.2, 0.25) is 0 Å². The molecule has 2 aromatic carbocycles. The van der Waals surface area contributed by atoms with Crippen molar-refractivity contribution < 1.29 is 19.2 Å². The fraction of sp³-hybridized carbons (Fsp3) is 0.176. The third kappa shape index (κ3) is 3.34. The Hall–Kier alpha value is -2.87. The zero-order chi connectivity index (χ0) is 18.0. The molecule has 0 saturated carbocycles. The second-order valence-electron chi connectivity index (χ2n) is 5.30. The summed E-state index contributed by atoms with van der Waals surface area (Å²) in [6.45, 7) is 0. The summed E-state index contributed by atoms with van der Waals surface area (Å²) in [5, 5.41) is 13.6. The highest BCUT2D eigenvalue weighted by Gasteiger charge is 2.24. The predicted molar refractivity (Wildman–Crippen MR) is 93.7 cm³/mol. The molecule has 128 valence electrons. The first-order chi connectivity index (χ1) is 12.0. The highest BCUT2D eigenvalue weighted by Crippen LogP contribution is 2.34. The van der Waals surface area contributed by atoms with Crippen LogP contribution in [0.1, 0.15) is 27.1 Å². The number of ether oxygens (including phenoxy) is 1. The lowest BCUT2D eigenvalue weighted by molar-refractivity contribution is -0.384. The van der Waals surface area contributed by atoms with Crippen LogP contribution in [0, 0.1) is 10.1 Å². The number of benzene rings is 2. The number of rotatable bonds is 4. The Morgan fingerprint density at radius 3 is 2.84 bits per heavy atom. The van der Waals surface area contributed by atoms with Gasteiger partial charge in [-0.1, -0.05) is 12.1 Å². The number of ketones is 1. The van der Waals surface area contributed by atoms with Crippen LogP contribution < -0.4 is 10.1 Å². The van der Waals surface area contributed by atoms with Gasteiger partial charge in [0.15, 0.2) is 5.78 Å². The molecule has 0 saturated heterocycles. The number of thioether (sulfide) groups is 1. The molecule has 8 heteroatoms. The molecule has 2 aromatic rings. The standard InChI is InChI=1S/C17H14N2O5S/c1-24-15-6-5-10(19(22)23)9-13(15)18-17(21)12-4-2-3-11-14(20)7-8-25-16(11)12/h2-6,9H,7-8H2,1H3,(H,18,21). The van der Waals surface area contributed by atoms with Crippen LogP contribution in [0.25, 0.3) is 0 Å². The van der Waals surface area contributed by atoms with E-state index in [0.29, 0.717) is 33.9 Å². The van der Waals surface area contributed by atoms with Crippen molar-refractivity contribution in [1.82, 2.24) is 0 Å². The molecule has 1 aliphatic rings. The fourth-order valence-corrected chi connectivity index (χ4v) is 3.71. The lowest BCUT2D eigenvalue weighted by Gasteiger charge is -2.18. The third-order valence-corrected chi connectivity index (χ3v) is 4.91. The van der Waals surface area contributed by atoms with E-state index in [2.05, 4.69) is 5.32 Å². The number of carbonyl (C=O) groups is 2. The van der Waals surface area contributed by atoms with Crippen LogP contribution in [0.3, 0.4) is 0 Å². The van der Waals surface area contributed by atoms with Crippen molar-refractivity contribution >= 4 is 34.8 Å². The van der Waals surface area contributed by atoms with Gasteiger partial charge in [-0.25, -0.2) is 0 Å². The van der Waals surface area contributed by atoms with E-state index >= 15 is 0 Å². The van der Waals surface area contributed by atoms with Gasteiger partial charge >= 0.3 is 0 Å². The topological polar surface area (TPSA) is 98.5 Å². The first kappa shape index (κ1) is 17.0. The number of nitro benzene ring substituents is 1. The number of fused-ring (bicyclic) bond motifs is 1. The summed E-state index contributed by atoms with van der Waals surface area (Å²) in [6.07, 6.45) is 0.446. The molecule has 0 aromatic heterocycles. The largest absolute Gasteiger partial charge is 0.495 e. The summed E-state index contributed by atoms with van der Waals surface area (Å²) in [5.41, 5.74) is 0.946. The summed E-state index contributed by atoms with van der Waals surface area (Å²) in [5.74, 6) is 0.498. The minimum absolute atomic E-state index is 0.0105. The second kappa shape index (κ2) is 6.94. The molecule has 0 aliphatic carbocycles. The molecule has 0 spiro atoms. The van der Waals surface area contributed by atoms with Gasteiger partial charge in [0.2, 0.25) is 0 Å². The Kier molecular flexibility index (Phi) is 4.71. The zero-order valence-corrected chi connectivity index (χ0v) is 14.1. The number of non-ortho nitro benzene ring substituents is 1. The van der Waals surface area contributed by atoms with E-state index < -0.39 is 10.8 Å². The van der Waals surface area contributed by atoms with E-state index in [-0.39, 0.29) is 17.2 Å². The Labute approximate surface area is 147 Å². The molecular weight excluding hydrogens is 344 g/mol. The normalized spacial score (nSPS) is 13.1. The van der Waals surface area contributed by atoms with E-state index in [1.165, 1.54) is 37.1 Å². The Bertz CT molecular complexity index is 881. The monoisotopic (exact) mass is 358 g/mol. The van der Waals surface area contributed by atoms with Crippen molar-refractivity contribution in [3.8, 4) is 5.75 Å². The van der Waals surface area contributed by atoms with Crippen LogP contribution in [0.5, 0.6) is 5.75 Å².